The second kappa shape index (κ2) is 5.39. The molecule has 0 radical (unpaired) electrons. The van der Waals surface area contributed by atoms with E-state index >= 15 is 0 Å². The fraction of sp³-hybridized carbons (Fsp3) is 0. The van der Waals surface area contributed by atoms with Crippen LogP contribution in [0.1, 0.15) is 0 Å². The molecule has 3 nitrogen and oxygen atoms in total. The van der Waals surface area contributed by atoms with Crippen LogP contribution in [0.4, 0.5) is 10.3 Å². The van der Waals surface area contributed by atoms with Crippen LogP contribution in [0.2, 0.25) is 10.0 Å². The van der Waals surface area contributed by atoms with Gasteiger partial charge in [0.25, 0.3) is 0 Å². The van der Waals surface area contributed by atoms with E-state index in [0.29, 0.717) is 32.4 Å². The third-order valence-electron chi connectivity index (χ3n) is 2.97. The smallest absolute Gasteiger partial charge is 0.230 e. The first-order chi connectivity index (χ1) is 10.0. The first kappa shape index (κ1) is 13.9. The molecule has 3 aromatic rings. The van der Waals surface area contributed by atoms with Crippen LogP contribution in [0.25, 0.3) is 22.4 Å². The van der Waals surface area contributed by atoms with Gasteiger partial charge in [-0.1, -0.05) is 40.5 Å². The van der Waals surface area contributed by atoms with Crippen LogP contribution in [-0.2, 0) is 0 Å². The first-order valence-electron chi connectivity index (χ1n) is 6.02. The van der Waals surface area contributed by atoms with Gasteiger partial charge < -0.3 is 10.3 Å². The molecule has 0 saturated heterocycles. The van der Waals surface area contributed by atoms with E-state index in [4.69, 9.17) is 33.5 Å². The van der Waals surface area contributed by atoms with Crippen molar-refractivity contribution in [2.24, 2.45) is 0 Å². The molecule has 2 aromatic carbocycles. The Morgan fingerprint density at radius 2 is 1.71 bits per heavy atom. The quantitative estimate of drug-likeness (QED) is 0.719. The van der Waals surface area contributed by atoms with E-state index in [-0.39, 0.29) is 11.7 Å². The van der Waals surface area contributed by atoms with Crippen molar-refractivity contribution in [1.82, 2.24) is 5.16 Å². The van der Waals surface area contributed by atoms with E-state index in [0.717, 1.165) is 0 Å². The minimum absolute atomic E-state index is 0.103. The van der Waals surface area contributed by atoms with Crippen molar-refractivity contribution >= 4 is 29.1 Å². The van der Waals surface area contributed by atoms with Gasteiger partial charge in [0.1, 0.15) is 11.5 Å². The Morgan fingerprint density at radius 3 is 2.38 bits per heavy atom. The number of nitrogen functional groups attached to an aromatic ring is 1. The fourth-order valence-electron chi connectivity index (χ4n) is 2.11. The average Bonchev–Trinajstić information content (AvgIpc) is 2.79. The van der Waals surface area contributed by atoms with Crippen molar-refractivity contribution in [3.8, 4) is 22.4 Å². The standard InChI is InChI=1S/C15H9Cl2FN2O/c16-10-4-9(5-11(17)7-10)14-13(15(19)21-20-14)8-2-1-3-12(18)6-8/h1-7H,19H2. The highest BCUT2D eigenvalue weighted by Gasteiger charge is 2.18. The van der Waals surface area contributed by atoms with Gasteiger partial charge in [0.15, 0.2) is 0 Å². The van der Waals surface area contributed by atoms with Crippen LogP contribution < -0.4 is 5.73 Å². The molecular weight excluding hydrogens is 314 g/mol. The van der Waals surface area contributed by atoms with Gasteiger partial charge in [0.05, 0.1) is 5.56 Å². The second-order valence-corrected chi connectivity index (χ2v) is 5.31. The number of halogens is 3. The lowest BCUT2D eigenvalue weighted by atomic mass is 10.0. The van der Waals surface area contributed by atoms with Crippen molar-refractivity contribution in [2.75, 3.05) is 5.73 Å². The molecule has 6 heteroatoms. The lowest BCUT2D eigenvalue weighted by Crippen LogP contribution is -1.89. The zero-order valence-electron chi connectivity index (χ0n) is 10.6. The van der Waals surface area contributed by atoms with E-state index in [9.17, 15) is 4.39 Å². The number of hydrogen-bond acceptors (Lipinski definition) is 3. The van der Waals surface area contributed by atoms with Gasteiger partial charge in [-0.15, -0.1) is 0 Å². The lowest BCUT2D eigenvalue weighted by molar-refractivity contribution is 0.439. The van der Waals surface area contributed by atoms with E-state index in [2.05, 4.69) is 5.16 Å². The van der Waals surface area contributed by atoms with E-state index < -0.39 is 0 Å². The van der Waals surface area contributed by atoms with E-state index in [1.807, 2.05) is 0 Å². The number of aromatic nitrogens is 1. The zero-order chi connectivity index (χ0) is 15.0. The maximum atomic E-state index is 13.4. The summed E-state index contributed by atoms with van der Waals surface area (Å²) in [7, 11) is 0. The molecule has 21 heavy (non-hydrogen) atoms. The molecule has 0 aliphatic carbocycles. The number of rotatable bonds is 2. The van der Waals surface area contributed by atoms with Crippen LogP contribution in [0, 0.1) is 5.82 Å². The van der Waals surface area contributed by atoms with Gasteiger partial charge in [0, 0.05) is 15.6 Å². The summed E-state index contributed by atoms with van der Waals surface area (Å²) in [5, 5.41) is 4.86. The Labute approximate surface area is 130 Å². The highest BCUT2D eigenvalue weighted by Crippen LogP contribution is 2.38. The zero-order valence-corrected chi connectivity index (χ0v) is 12.1. The molecule has 106 valence electrons. The van der Waals surface area contributed by atoms with Gasteiger partial charge in [-0.05, 0) is 35.9 Å². The Balaban J connectivity index is 2.21. The summed E-state index contributed by atoms with van der Waals surface area (Å²) in [4.78, 5) is 0. The molecule has 0 amide bonds. The fourth-order valence-corrected chi connectivity index (χ4v) is 2.64. The molecule has 0 aliphatic heterocycles. The number of benzene rings is 2. The molecule has 0 unspecified atom stereocenters. The van der Waals surface area contributed by atoms with Gasteiger partial charge >= 0.3 is 0 Å². The van der Waals surface area contributed by atoms with Crippen molar-refractivity contribution in [3.63, 3.8) is 0 Å². The Bertz CT molecular complexity index is 797. The van der Waals surface area contributed by atoms with Crippen LogP contribution in [0.5, 0.6) is 0 Å². The van der Waals surface area contributed by atoms with Gasteiger partial charge in [-0.3, -0.25) is 0 Å². The van der Waals surface area contributed by atoms with E-state index in [1.54, 1.807) is 30.3 Å². The van der Waals surface area contributed by atoms with Crippen molar-refractivity contribution < 1.29 is 8.91 Å². The SMILES string of the molecule is Nc1onc(-c2cc(Cl)cc(Cl)c2)c1-c1cccc(F)c1. The third-order valence-corrected chi connectivity index (χ3v) is 3.40. The van der Waals surface area contributed by atoms with Gasteiger partial charge in [-0.25, -0.2) is 4.39 Å². The van der Waals surface area contributed by atoms with E-state index in [1.165, 1.54) is 12.1 Å². The molecular formula is C15H9Cl2FN2O. The summed E-state index contributed by atoms with van der Waals surface area (Å²) in [5.41, 5.74) is 8.00. The number of nitrogens with zero attached hydrogens (tertiary/aromatic N) is 1. The monoisotopic (exact) mass is 322 g/mol. The Morgan fingerprint density at radius 1 is 1.00 bits per heavy atom. The number of hydrogen-bond donors (Lipinski definition) is 1. The predicted molar refractivity (Wildman–Crippen MR) is 81.8 cm³/mol. The normalized spacial score (nSPS) is 10.8. The first-order valence-corrected chi connectivity index (χ1v) is 6.78. The van der Waals surface area contributed by atoms with Crippen LogP contribution in [0.15, 0.2) is 47.0 Å². The predicted octanol–water partition coefficient (Wildman–Crippen LogP) is 5.04. The second-order valence-electron chi connectivity index (χ2n) is 4.44. The molecule has 1 heterocycles. The third kappa shape index (κ3) is 2.73. The van der Waals surface area contributed by atoms with Crippen LogP contribution in [0.3, 0.4) is 0 Å². The van der Waals surface area contributed by atoms with Gasteiger partial charge in [-0.2, -0.15) is 0 Å². The molecule has 0 spiro atoms. The molecule has 2 N–H and O–H groups in total. The summed E-state index contributed by atoms with van der Waals surface area (Å²) in [6.07, 6.45) is 0. The largest absolute Gasteiger partial charge is 0.367 e. The summed E-state index contributed by atoms with van der Waals surface area (Å²) in [5.74, 6) is -0.269. The summed E-state index contributed by atoms with van der Waals surface area (Å²) in [6, 6.07) is 11.0. The molecule has 1 aromatic heterocycles. The minimum atomic E-state index is -0.372. The average molecular weight is 323 g/mol. The Hall–Kier alpha value is -2.04. The highest BCUT2D eigenvalue weighted by atomic mass is 35.5. The number of anilines is 1. The van der Waals surface area contributed by atoms with Crippen molar-refractivity contribution in [1.29, 1.82) is 0 Å². The van der Waals surface area contributed by atoms with Crippen molar-refractivity contribution in [2.45, 2.75) is 0 Å². The molecule has 0 atom stereocenters. The number of nitrogens with two attached hydrogens (primary N) is 1. The van der Waals surface area contributed by atoms with Crippen molar-refractivity contribution in [3.05, 3.63) is 58.3 Å². The summed E-state index contributed by atoms with van der Waals surface area (Å²) in [6.45, 7) is 0. The summed E-state index contributed by atoms with van der Waals surface area (Å²) >= 11 is 12.0. The van der Waals surface area contributed by atoms with Crippen LogP contribution in [-0.4, -0.2) is 5.16 Å². The Kier molecular flexibility index (Phi) is 3.57. The maximum Gasteiger partial charge on any atom is 0.230 e. The van der Waals surface area contributed by atoms with Crippen LogP contribution >= 0.6 is 23.2 Å². The van der Waals surface area contributed by atoms with Gasteiger partial charge in [0.2, 0.25) is 5.88 Å². The molecule has 0 saturated carbocycles. The maximum absolute atomic E-state index is 13.4. The topological polar surface area (TPSA) is 52.0 Å². The lowest BCUT2D eigenvalue weighted by Gasteiger charge is -2.04. The highest BCUT2D eigenvalue weighted by molar-refractivity contribution is 6.35. The molecule has 0 aliphatic rings. The summed E-state index contributed by atoms with van der Waals surface area (Å²) < 4.78 is 18.5. The molecule has 0 fully saturated rings. The minimum Gasteiger partial charge on any atom is -0.367 e. The molecule has 3 rings (SSSR count). The molecule has 0 bridgehead atoms.